The maximum Gasteiger partial charge on any atom is 0.159 e. The van der Waals surface area contributed by atoms with Crippen molar-refractivity contribution < 1.29 is 4.74 Å². The molecule has 0 unspecified atom stereocenters. The molecule has 0 aliphatic heterocycles. The highest BCUT2D eigenvalue weighted by atomic mass is 35.5. The summed E-state index contributed by atoms with van der Waals surface area (Å²) in [6.45, 7) is 4.47. The van der Waals surface area contributed by atoms with Gasteiger partial charge in [-0.25, -0.2) is 9.97 Å². The number of para-hydroxylation sites is 2. The van der Waals surface area contributed by atoms with Crippen LogP contribution in [0.1, 0.15) is 12.5 Å². The maximum atomic E-state index is 6.27. The number of halogens is 1. The van der Waals surface area contributed by atoms with Crippen molar-refractivity contribution in [1.29, 1.82) is 0 Å². The van der Waals surface area contributed by atoms with E-state index in [4.69, 9.17) is 22.1 Å². The van der Waals surface area contributed by atoms with Crippen molar-refractivity contribution in [2.45, 2.75) is 13.8 Å². The van der Waals surface area contributed by atoms with Gasteiger partial charge in [-0.2, -0.15) is 0 Å². The zero-order valence-corrected chi connectivity index (χ0v) is 15.3. The van der Waals surface area contributed by atoms with Crippen LogP contribution in [0, 0.1) is 6.92 Å². The number of aromatic nitrogens is 2. The van der Waals surface area contributed by atoms with Crippen LogP contribution in [0.15, 0.2) is 48.8 Å². The highest BCUT2D eigenvalue weighted by Crippen LogP contribution is 2.32. The molecule has 0 atom stereocenters. The van der Waals surface area contributed by atoms with Crippen molar-refractivity contribution in [2.75, 3.05) is 23.0 Å². The Morgan fingerprint density at radius 3 is 2.42 bits per heavy atom. The summed E-state index contributed by atoms with van der Waals surface area (Å²) in [5.74, 6) is 1.75. The van der Waals surface area contributed by atoms with Crippen LogP contribution in [0.5, 0.6) is 5.75 Å². The summed E-state index contributed by atoms with van der Waals surface area (Å²) < 4.78 is 5.63. The third-order valence-electron chi connectivity index (χ3n) is 3.77. The first-order valence-electron chi connectivity index (χ1n) is 8.21. The maximum absolute atomic E-state index is 6.27. The lowest BCUT2D eigenvalue weighted by Crippen LogP contribution is -2.06. The van der Waals surface area contributed by atoms with Crippen LogP contribution in [0.4, 0.5) is 28.7 Å². The lowest BCUT2D eigenvalue weighted by atomic mass is 10.2. The minimum Gasteiger partial charge on any atom is -0.492 e. The summed E-state index contributed by atoms with van der Waals surface area (Å²) in [4.78, 5) is 8.50. The number of hydrogen-bond donors (Lipinski definition) is 3. The quantitative estimate of drug-likeness (QED) is 0.572. The Morgan fingerprint density at radius 1 is 1.04 bits per heavy atom. The summed E-state index contributed by atoms with van der Waals surface area (Å²) in [7, 11) is 0. The Bertz CT molecular complexity index is 916. The molecule has 4 N–H and O–H groups in total. The van der Waals surface area contributed by atoms with Gasteiger partial charge in [0.25, 0.3) is 0 Å². The number of benzene rings is 2. The van der Waals surface area contributed by atoms with Gasteiger partial charge < -0.3 is 21.1 Å². The average Bonchev–Trinajstić information content (AvgIpc) is 2.62. The number of aryl methyl sites for hydroxylation is 1. The molecule has 1 aromatic heterocycles. The van der Waals surface area contributed by atoms with Crippen molar-refractivity contribution in [3.8, 4) is 5.75 Å². The summed E-state index contributed by atoms with van der Waals surface area (Å²) in [6, 6.07) is 13.2. The van der Waals surface area contributed by atoms with Gasteiger partial charge in [-0.15, -0.1) is 0 Å². The van der Waals surface area contributed by atoms with Crippen LogP contribution in [0.25, 0.3) is 0 Å². The second-order valence-corrected chi connectivity index (χ2v) is 6.06. The van der Waals surface area contributed by atoms with Gasteiger partial charge in [0.05, 0.1) is 12.3 Å². The van der Waals surface area contributed by atoms with Gasteiger partial charge >= 0.3 is 0 Å². The first kappa shape index (κ1) is 17.8. The van der Waals surface area contributed by atoms with Crippen LogP contribution in [0.2, 0.25) is 5.02 Å². The van der Waals surface area contributed by atoms with E-state index in [1.807, 2.05) is 56.3 Å². The molecule has 0 saturated carbocycles. The smallest absolute Gasteiger partial charge is 0.159 e. The molecule has 2 aromatic carbocycles. The number of nitrogen functional groups attached to an aromatic ring is 1. The number of nitrogens with one attached hydrogen (secondary N) is 2. The molecule has 0 spiro atoms. The fraction of sp³-hybridized carbons (Fsp3) is 0.158. The number of nitrogens with zero attached hydrogens (tertiary/aromatic N) is 2. The molecule has 7 heteroatoms. The van der Waals surface area contributed by atoms with E-state index in [9.17, 15) is 0 Å². The zero-order valence-electron chi connectivity index (χ0n) is 14.6. The van der Waals surface area contributed by atoms with Crippen LogP contribution < -0.4 is 21.1 Å². The predicted octanol–water partition coefficient (Wildman–Crippen LogP) is 4.91. The third-order valence-corrected chi connectivity index (χ3v) is 4.00. The largest absolute Gasteiger partial charge is 0.492 e. The van der Waals surface area contributed by atoms with Gasteiger partial charge in [0.15, 0.2) is 11.6 Å². The minimum atomic E-state index is 0.410. The fourth-order valence-corrected chi connectivity index (χ4v) is 2.70. The van der Waals surface area contributed by atoms with E-state index in [0.717, 1.165) is 22.7 Å². The number of hydrogen-bond acceptors (Lipinski definition) is 6. The second kappa shape index (κ2) is 7.93. The van der Waals surface area contributed by atoms with Crippen LogP contribution in [-0.2, 0) is 0 Å². The van der Waals surface area contributed by atoms with Crippen molar-refractivity contribution in [3.05, 3.63) is 59.4 Å². The second-order valence-electron chi connectivity index (χ2n) is 5.62. The van der Waals surface area contributed by atoms with Gasteiger partial charge in [0.2, 0.25) is 0 Å². The van der Waals surface area contributed by atoms with E-state index >= 15 is 0 Å². The SMILES string of the molecule is CCOc1ccccc1Nc1ncnc(Nc2ccc(Cl)cc2C)c1N. The highest BCUT2D eigenvalue weighted by molar-refractivity contribution is 6.30. The minimum absolute atomic E-state index is 0.410. The standard InChI is InChI=1S/C19H20ClN5O/c1-3-26-16-7-5-4-6-15(16)25-19-17(21)18(22-11-23-19)24-14-9-8-13(20)10-12(14)2/h4-11H,3,21H2,1-2H3,(H2,22,23,24,25). The number of rotatable bonds is 6. The number of ether oxygens (including phenoxy) is 1. The molecule has 134 valence electrons. The monoisotopic (exact) mass is 369 g/mol. The van der Waals surface area contributed by atoms with Gasteiger partial charge in [0.1, 0.15) is 17.8 Å². The van der Waals surface area contributed by atoms with Crippen molar-refractivity contribution in [1.82, 2.24) is 9.97 Å². The average molecular weight is 370 g/mol. The molecule has 26 heavy (non-hydrogen) atoms. The van der Waals surface area contributed by atoms with E-state index in [2.05, 4.69) is 20.6 Å². The van der Waals surface area contributed by atoms with E-state index in [1.165, 1.54) is 6.33 Å². The highest BCUT2D eigenvalue weighted by Gasteiger charge is 2.12. The molecule has 0 fully saturated rings. The summed E-state index contributed by atoms with van der Waals surface area (Å²) in [6.07, 6.45) is 1.45. The van der Waals surface area contributed by atoms with E-state index in [1.54, 1.807) is 0 Å². The first-order chi connectivity index (χ1) is 12.6. The van der Waals surface area contributed by atoms with Gasteiger partial charge in [-0.3, -0.25) is 0 Å². The molecule has 3 rings (SSSR count). The Kier molecular flexibility index (Phi) is 5.43. The van der Waals surface area contributed by atoms with Crippen LogP contribution >= 0.6 is 11.6 Å². The topological polar surface area (TPSA) is 85.1 Å². The molecule has 0 radical (unpaired) electrons. The van der Waals surface area contributed by atoms with Gasteiger partial charge in [-0.05, 0) is 49.7 Å². The fourth-order valence-electron chi connectivity index (χ4n) is 2.47. The van der Waals surface area contributed by atoms with Crippen molar-refractivity contribution in [3.63, 3.8) is 0 Å². The molecule has 0 amide bonds. The lowest BCUT2D eigenvalue weighted by Gasteiger charge is -2.15. The van der Waals surface area contributed by atoms with Crippen LogP contribution in [0.3, 0.4) is 0 Å². The van der Waals surface area contributed by atoms with Gasteiger partial charge in [-0.1, -0.05) is 23.7 Å². The molecule has 1 heterocycles. The van der Waals surface area contributed by atoms with E-state index in [0.29, 0.717) is 29.0 Å². The van der Waals surface area contributed by atoms with E-state index in [-0.39, 0.29) is 0 Å². The number of anilines is 5. The predicted molar refractivity (Wildman–Crippen MR) is 107 cm³/mol. The Labute approximate surface area is 157 Å². The molecular weight excluding hydrogens is 350 g/mol. The molecule has 0 aliphatic rings. The normalized spacial score (nSPS) is 10.4. The molecule has 0 bridgehead atoms. The molecule has 6 nitrogen and oxygen atoms in total. The number of nitrogens with two attached hydrogens (primary N) is 1. The summed E-state index contributed by atoms with van der Waals surface area (Å²) in [5, 5.41) is 7.12. The first-order valence-corrected chi connectivity index (χ1v) is 8.58. The lowest BCUT2D eigenvalue weighted by molar-refractivity contribution is 0.342. The molecule has 3 aromatic rings. The van der Waals surface area contributed by atoms with Crippen LogP contribution in [-0.4, -0.2) is 16.6 Å². The van der Waals surface area contributed by atoms with Crippen molar-refractivity contribution in [2.24, 2.45) is 0 Å². The summed E-state index contributed by atoms with van der Waals surface area (Å²) in [5.41, 5.74) is 9.33. The van der Waals surface area contributed by atoms with E-state index < -0.39 is 0 Å². The molecule has 0 aliphatic carbocycles. The Morgan fingerprint density at radius 2 is 1.73 bits per heavy atom. The third kappa shape index (κ3) is 3.97. The molecule has 0 saturated heterocycles. The summed E-state index contributed by atoms with van der Waals surface area (Å²) >= 11 is 6.01. The Balaban J connectivity index is 1.88. The molecular formula is C19H20ClN5O. The van der Waals surface area contributed by atoms with Crippen molar-refractivity contribution >= 4 is 40.3 Å². The zero-order chi connectivity index (χ0) is 18.5. The Hall–Kier alpha value is -2.99. The van der Waals surface area contributed by atoms with Gasteiger partial charge in [0, 0.05) is 10.7 Å².